The number of halogens is 1. The third-order valence-corrected chi connectivity index (χ3v) is 5.75. The van der Waals surface area contributed by atoms with Crippen molar-refractivity contribution in [2.45, 2.75) is 32.6 Å². The molecule has 4 nitrogen and oxygen atoms in total. The number of nitrogens with zero attached hydrogens (tertiary/aromatic N) is 3. The number of aromatic nitrogens is 1. The molecule has 2 saturated heterocycles. The molecule has 0 saturated carbocycles. The molecule has 25 heavy (non-hydrogen) atoms. The van der Waals surface area contributed by atoms with Crippen LogP contribution in [0.5, 0.6) is 0 Å². The topological polar surface area (TPSA) is 36.4 Å². The zero-order chi connectivity index (χ0) is 17.6. The average Bonchev–Trinajstić information content (AvgIpc) is 2.58. The largest absolute Gasteiger partial charge is 0.370 e. The van der Waals surface area contributed by atoms with Gasteiger partial charge in [0.25, 0.3) is 0 Å². The van der Waals surface area contributed by atoms with Gasteiger partial charge in [-0.1, -0.05) is 0 Å². The Balaban J connectivity index is 1.71. The molecule has 2 aliphatic rings. The molecule has 2 fully saturated rings. The van der Waals surface area contributed by atoms with E-state index in [2.05, 4.69) is 16.0 Å². The van der Waals surface area contributed by atoms with Gasteiger partial charge in [-0.05, 0) is 50.5 Å². The van der Waals surface area contributed by atoms with Crippen molar-refractivity contribution in [1.82, 2.24) is 9.88 Å². The van der Waals surface area contributed by atoms with E-state index in [4.69, 9.17) is 0 Å². The number of carbonyl (C=O) groups excluding carboxylic acids is 1. The van der Waals surface area contributed by atoms with Gasteiger partial charge in [0.15, 0.2) is 0 Å². The number of fused-ring (bicyclic) bond motifs is 1. The minimum absolute atomic E-state index is 0.151. The number of pyridine rings is 1. The van der Waals surface area contributed by atoms with Crippen molar-refractivity contribution in [3.63, 3.8) is 0 Å². The van der Waals surface area contributed by atoms with E-state index in [1.807, 2.05) is 18.9 Å². The quantitative estimate of drug-likeness (QED) is 0.796. The predicted molar refractivity (Wildman–Crippen MR) is 97.2 cm³/mol. The Labute approximate surface area is 147 Å². The third-order valence-electron chi connectivity index (χ3n) is 5.75. The number of carbonyl (C=O) groups is 1. The first-order chi connectivity index (χ1) is 12.0. The molecule has 2 aromatic rings. The van der Waals surface area contributed by atoms with Gasteiger partial charge in [-0.25, -0.2) is 4.39 Å². The molecule has 5 heteroatoms. The lowest BCUT2D eigenvalue weighted by Gasteiger charge is -2.48. The summed E-state index contributed by atoms with van der Waals surface area (Å²) in [5.74, 6) is 0.0177. The number of aryl methyl sites for hydroxylation is 1. The summed E-state index contributed by atoms with van der Waals surface area (Å²) in [6.45, 7) is 4.69. The second-order valence-electron chi connectivity index (χ2n) is 7.72. The SMILES string of the molecule is Cc1cc(N2CCCC3(CCC(=O)N(C)C3)C2)c2cc(F)ccc2n1. The summed E-state index contributed by atoms with van der Waals surface area (Å²) >= 11 is 0. The first-order valence-corrected chi connectivity index (χ1v) is 9.02. The molecule has 1 aromatic carbocycles. The summed E-state index contributed by atoms with van der Waals surface area (Å²) < 4.78 is 13.8. The molecule has 1 spiro atoms. The molecule has 0 bridgehead atoms. The standard InChI is InChI=1S/C20H24FN3O/c1-14-10-18(16-11-15(21)4-5-17(16)22-14)24-9-3-7-20(13-24)8-6-19(25)23(2)12-20/h4-5,10-11H,3,6-9,12-13H2,1-2H3. The second kappa shape index (κ2) is 5.97. The Morgan fingerprint density at radius 1 is 1.20 bits per heavy atom. The highest BCUT2D eigenvalue weighted by Gasteiger charge is 2.41. The first-order valence-electron chi connectivity index (χ1n) is 9.02. The van der Waals surface area contributed by atoms with Crippen molar-refractivity contribution >= 4 is 22.5 Å². The summed E-state index contributed by atoms with van der Waals surface area (Å²) in [7, 11) is 1.91. The summed E-state index contributed by atoms with van der Waals surface area (Å²) in [5.41, 5.74) is 3.01. The molecule has 1 atom stereocenters. The van der Waals surface area contributed by atoms with E-state index < -0.39 is 0 Å². The Hall–Kier alpha value is -2.17. The lowest BCUT2D eigenvalue weighted by atomic mass is 9.73. The number of hydrogen-bond donors (Lipinski definition) is 0. The van der Waals surface area contributed by atoms with Crippen molar-refractivity contribution < 1.29 is 9.18 Å². The zero-order valence-electron chi connectivity index (χ0n) is 14.9. The van der Waals surface area contributed by atoms with Crippen LogP contribution in [0.15, 0.2) is 24.3 Å². The van der Waals surface area contributed by atoms with Crippen molar-refractivity contribution in [1.29, 1.82) is 0 Å². The molecule has 4 rings (SSSR count). The highest BCUT2D eigenvalue weighted by Crippen LogP contribution is 2.41. The number of piperidine rings is 2. The Morgan fingerprint density at radius 2 is 2.04 bits per heavy atom. The van der Waals surface area contributed by atoms with Gasteiger partial charge in [-0.2, -0.15) is 0 Å². The Bertz CT molecular complexity index is 837. The predicted octanol–water partition coefficient (Wildman–Crippen LogP) is 3.52. The highest BCUT2D eigenvalue weighted by molar-refractivity contribution is 5.92. The summed E-state index contributed by atoms with van der Waals surface area (Å²) in [6.07, 6.45) is 3.83. The number of likely N-dealkylation sites (tertiary alicyclic amines) is 1. The number of rotatable bonds is 1. The van der Waals surface area contributed by atoms with Crippen LogP contribution in [0.25, 0.3) is 10.9 Å². The maximum Gasteiger partial charge on any atom is 0.222 e. The van der Waals surface area contributed by atoms with Crippen molar-refractivity contribution in [3.8, 4) is 0 Å². The van der Waals surface area contributed by atoms with Crippen LogP contribution in [0, 0.1) is 18.2 Å². The maximum absolute atomic E-state index is 13.8. The fourth-order valence-corrected chi connectivity index (χ4v) is 4.55. The normalized spacial score (nSPS) is 24.4. The maximum atomic E-state index is 13.8. The van der Waals surface area contributed by atoms with Crippen LogP contribution in [0.3, 0.4) is 0 Å². The molecule has 1 unspecified atom stereocenters. The Morgan fingerprint density at radius 3 is 2.84 bits per heavy atom. The van der Waals surface area contributed by atoms with Crippen LogP contribution in [-0.4, -0.2) is 42.5 Å². The van der Waals surface area contributed by atoms with Crippen LogP contribution < -0.4 is 4.90 Å². The van der Waals surface area contributed by atoms with Crippen LogP contribution in [0.1, 0.15) is 31.4 Å². The molecule has 132 valence electrons. The van der Waals surface area contributed by atoms with E-state index in [-0.39, 0.29) is 17.1 Å². The number of hydrogen-bond acceptors (Lipinski definition) is 3. The van der Waals surface area contributed by atoms with Crippen LogP contribution in [0.2, 0.25) is 0 Å². The van der Waals surface area contributed by atoms with Gasteiger partial charge in [-0.3, -0.25) is 9.78 Å². The van der Waals surface area contributed by atoms with Crippen molar-refractivity contribution in [2.24, 2.45) is 5.41 Å². The summed E-state index contributed by atoms with van der Waals surface area (Å²) in [4.78, 5) is 20.7. The monoisotopic (exact) mass is 341 g/mol. The zero-order valence-corrected chi connectivity index (χ0v) is 14.9. The molecule has 0 aliphatic carbocycles. The minimum Gasteiger partial charge on any atom is -0.370 e. The Kier molecular flexibility index (Phi) is 3.89. The molecule has 0 radical (unpaired) electrons. The van der Waals surface area contributed by atoms with E-state index in [9.17, 15) is 9.18 Å². The number of benzene rings is 1. The van der Waals surface area contributed by atoms with Crippen LogP contribution >= 0.6 is 0 Å². The number of anilines is 1. The fraction of sp³-hybridized carbons (Fsp3) is 0.500. The molecular formula is C20H24FN3O. The summed E-state index contributed by atoms with van der Waals surface area (Å²) in [6, 6.07) is 6.89. The average molecular weight is 341 g/mol. The van der Waals surface area contributed by atoms with Gasteiger partial charge in [0.05, 0.1) is 5.52 Å². The lowest BCUT2D eigenvalue weighted by Crippen LogP contribution is -2.53. The van der Waals surface area contributed by atoms with Gasteiger partial charge in [0.1, 0.15) is 5.82 Å². The van der Waals surface area contributed by atoms with Gasteiger partial charge in [0.2, 0.25) is 5.91 Å². The highest BCUT2D eigenvalue weighted by atomic mass is 19.1. The van der Waals surface area contributed by atoms with Crippen molar-refractivity contribution in [3.05, 3.63) is 35.8 Å². The van der Waals surface area contributed by atoms with E-state index in [1.54, 1.807) is 12.1 Å². The second-order valence-corrected chi connectivity index (χ2v) is 7.72. The van der Waals surface area contributed by atoms with Crippen molar-refractivity contribution in [2.75, 3.05) is 31.6 Å². The number of amides is 1. The molecular weight excluding hydrogens is 317 g/mol. The fourth-order valence-electron chi connectivity index (χ4n) is 4.55. The third kappa shape index (κ3) is 2.96. The van der Waals surface area contributed by atoms with Gasteiger partial charge in [0, 0.05) is 55.3 Å². The molecule has 2 aliphatic heterocycles. The molecule has 1 aromatic heterocycles. The molecule has 1 amide bonds. The molecule has 0 N–H and O–H groups in total. The van der Waals surface area contributed by atoms with Gasteiger partial charge in [-0.15, -0.1) is 0 Å². The van der Waals surface area contributed by atoms with E-state index in [0.29, 0.717) is 6.42 Å². The van der Waals surface area contributed by atoms with E-state index >= 15 is 0 Å². The minimum atomic E-state index is -0.228. The van der Waals surface area contributed by atoms with Crippen LogP contribution in [-0.2, 0) is 4.79 Å². The van der Waals surface area contributed by atoms with Crippen LogP contribution in [0.4, 0.5) is 10.1 Å². The molecule has 3 heterocycles. The van der Waals surface area contributed by atoms with E-state index in [0.717, 1.165) is 61.2 Å². The van der Waals surface area contributed by atoms with Gasteiger partial charge >= 0.3 is 0 Å². The smallest absolute Gasteiger partial charge is 0.222 e. The first kappa shape index (κ1) is 16.3. The van der Waals surface area contributed by atoms with Gasteiger partial charge < -0.3 is 9.80 Å². The van der Waals surface area contributed by atoms with E-state index in [1.165, 1.54) is 6.07 Å². The lowest BCUT2D eigenvalue weighted by molar-refractivity contribution is -0.136. The summed E-state index contributed by atoms with van der Waals surface area (Å²) in [5, 5.41) is 0.878.